The summed E-state index contributed by atoms with van der Waals surface area (Å²) in [6, 6.07) is 7.84. The van der Waals surface area contributed by atoms with Crippen LogP contribution in [0, 0.1) is 0 Å². The van der Waals surface area contributed by atoms with E-state index in [0.29, 0.717) is 0 Å². The fourth-order valence-corrected chi connectivity index (χ4v) is 2.64. The van der Waals surface area contributed by atoms with Gasteiger partial charge >= 0.3 is 0 Å². The van der Waals surface area contributed by atoms with Crippen LogP contribution in [0.25, 0.3) is 0 Å². The molecule has 0 fully saturated rings. The van der Waals surface area contributed by atoms with E-state index in [1.165, 1.54) is 5.56 Å². The van der Waals surface area contributed by atoms with Gasteiger partial charge in [-0.2, -0.15) is 11.8 Å². The molecule has 3 heteroatoms. The third-order valence-electron chi connectivity index (χ3n) is 2.35. The number of fused-ring (bicyclic) bond motifs is 1. The molecule has 0 aromatic heterocycles. The van der Waals surface area contributed by atoms with Crippen LogP contribution < -0.4 is 5.73 Å². The zero-order valence-corrected chi connectivity index (χ0v) is 8.13. The molecule has 2 rings (SSSR count). The fourth-order valence-electron chi connectivity index (χ4n) is 1.58. The maximum Gasteiger partial charge on any atom is 0.0951 e. The van der Waals surface area contributed by atoms with Gasteiger partial charge in [-0.25, -0.2) is 0 Å². The van der Waals surface area contributed by atoms with Crippen molar-refractivity contribution in [2.75, 3.05) is 5.75 Å². The van der Waals surface area contributed by atoms with Crippen LogP contribution in [0.15, 0.2) is 24.3 Å². The predicted molar refractivity (Wildman–Crippen MR) is 55.5 cm³/mol. The third kappa shape index (κ3) is 1.73. The molecule has 1 aliphatic heterocycles. The van der Waals surface area contributed by atoms with Crippen molar-refractivity contribution in [1.29, 1.82) is 0 Å². The average Bonchev–Trinajstić information content (AvgIpc) is 2.29. The summed E-state index contributed by atoms with van der Waals surface area (Å²) in [5, 5.41) is 9.87. The van der Waals surface area contributed by atoms with Crippen molar-refractivity contribution in [2.24, 2.45) is 5.73 Å². The minimum atomic E-state index is -0.494. The van der Waals surface area contributed by atoms with Crippen LogP contribution in [0.1, 0.15) is 17.2 Å². The largest absolute Gasteiger partial charge is 0.387 e. The van der Waals surface area contributed by atoms with E-state index in [0.717, 1.165) is 17.1 Å². The van der Waals surface area contributed by atoms with Gasteiger partial charge in [0.25, 0.3) is 0 Å². The molecule has 0 spiro atoms. The van der Waals surface area contributed by atoms with E-state index in [1.807, 2.05) is 18.2 Å². The first-order valence-electron chi connectivity index (χ1n) is 4.38. The van der Waals surface area contributed by atoms with E-state index in [1.54, 1.807) is 11.8 Å². The lowest BCUT2D eigenvalue weighted by atomic mass is 9.99. The highest BCUT2D eigenvalue weighted by Gasteiger charge is 2.22. The standard InChI is InChI=1S/C10H13NOS/c11-9-6-13-5-7-3-1-2-4-8(7)10(9)12/h1-4,9-10,12H,5-6,11H2/t9-,10-/m1/s1. The van der Waals surface area contributed by atoms with Crippen molar-refractivity contribution in [3.63, 3.8) is 0 Å². The molecule has 0 amide bonds. The van der Waals surface area contributed by atoms with Gasteiger partial charge in [-0.15, -0.1) is 0 Å². The summed E-state index contributed by atoms with van der Waals surface area (Å²) in [6.45, 7) is 0. The van der Waals surface area contributed by atoms with E-state index in [9.17, 15) is 5.11 Å². The molecule has 0 radical (unpaired) electrons. The molecular formula is C10H13NOS. The maximum absolute atomic E-state index is 9.87. The van der Waals surface area contributed by atoms with Gasteiger partial charge in [0.15, 0.2) is 0 Å². The SMILES string of the molecule is N[C@@H]1CSCc2ccccc2[C@H]1O. The third-order valence-corrected chi connectivity index (χ3v) is 3.48. The molecular weight excluding hydrogens is 182 g/mol. The van der Waals surface area contributed by atoms with Crippen molar-refractivity contribution in [2.45, 2.75) is 17.9 Å². The summed E-state index contributed by atoms with van der Waals surface area (Å²) in [6.07, 6.45) is -0.494. The van der Waals surface area contributed by atoms with Crippen LogP contribution in [-0.2, 0) is 5.75 Å². The molecule has 1 aromatic carbocycles. The number of thioether (sulfide) groups is 1. The lowest BCUT2D eigenvalue weighted by Crippen LogP contribution is -2.29. The number of rotatable bonds is 0. The van der Waals surface area contributed by atoms with Crippen LogP contribution in [0.4, 0.5) is 0 Å². The van der Waals surface area contributed by atoms with E-state index >= 15 is 0 Å². The van der Waals surface area contributed by atoms with Gasteiger partial charge < -0.3 is 10.8 Å². The molecule has 0 saturated carbocycles. The molecule has 0 unspecified atom stereocenters. The van der Waals surface area contributed by atoms with Crippen molar-refractivity contribution in [3.8, 4) is 0 Å². The lowest BCUT2D eigenvalue weighted by Gasteiger charge is -2.16. The second kappa shape index (κ2) is 3.70. The Balaban J connectivity index is 2.40. The zero-order chi connectivity index (χ0) is 9.26. The Morgan fingerprint density at radius 1 is 1.38 bits per heavy atom. The Morgan fingerprint density at radius 2 is 2.15 bits per heavy atom. The van der Waals surface area contributed by atoms with E-state index in [2.05, 4.69) is 6.07 Å². The van der Waals surface area contributed by atoms with Gasteiger partial charge in [-0.05, 0) is 11.1 Å². The fraction of sp³-hybridized carbons (Fsp3) is 0.400. The number of aliphatic hydroxyl groups excluding tert-OH is 1. The molecule has 3 N–H and O–H groups in total. The predicted octanol–water partition coefficient (Wildman–Crippen LogP) is 1.29. The second-order valence-electron chi connectivity index (χ2n) is 3.32. The Morgan fingerprint density at radius 3 is 3.00 bits per heavy atom. The minimum Gasteiger partial charge on any atom is -0.387 e. The smallest absolute Gasteiger partial charge is 0.0951 e. The van der Waals surface area contributed by atoms with Crippen LogP contribution in [0.3, 0.4) is 0 Å². The number of hydrogen-bond acceptors (Lipinski definition) is 3. The lowest BCUT2D eigenvalue weighted by molar-refractivity contribution is 0.155. The van der Waals surface area contributed by atoms with Crippen molar-refractivity contribution >= 4 is 11.8 Å². The molecule has 70 valence electrons. The summed E-state index contributed by atoms with van der Waals surface area (Å²) in [5.74, 6) is 1.79. The van der Waals surface area contributed by atoms with Crippen LogP contribution in [-0.4, -0.2) is 16.9 Å². The molecule has 0 saturated heterocycles. The molecule has 1 aliphatic rings. The normalized spacial score (nSPS) is 27.8. The summed E-state index contributed by atoms with van der Waals surface area (Å²) in [5.41, 5.74) is 8.04. The first-order valence-corrected chi connectivity index (χ1v) is 5.53. The Kier molecular flexibility index (Phi) is 2.58. The monoisotopic (exact) mass is 195 g/mol. The Bertz CT molecular complexity index is 303. The number of nitrogens with two attached hydrogens (primary N) is 1. The van der Waals surface area contributed by atoms with Gasteiger partial charge in [0.2, 0.25) is 0 Å². The zero-order valence-electron chi connectivity index (χ0n) is 7.31. The van der Waals surface area contributed by atoms with Gasteiger partial charge in [0.05, 0.1) is 6.10 Å². The Labute approximate surface area is 82.1 Å². The second-order valence-corrected chi connectivity index (χ2v) is 4.35. The van der Waals surface area contributed by atoms with Gasteiger partial charge in [0.1, 0.15) is 0 Å². The molecule has 1 heterocycles. The summed E-state index contributed by atoms with van der Waals surface area (Å²) in [4.78, 5) is 0. The summed E-state index contributed by atoms with van der Waals surface area (Å²) in [7, 11) is 0. The first-order chi connectivity index (χ1) is 6.29. The van der Waals surface area contributed by atoms with Gasteiger partial charge in [-0.1, -0.05) is 24.3 Å². The van der Waals surface area contributed by atoms with E-state index < -0.39 is 6.10 Å². The van der Waals surface area contributed by atoms with Gasteiger partial charge in [-0.3, -0.25) is 0 Å². The van der Waals surface area contributed by atoms with E-state index in [4.69, 9.17) is 5.73 Å². The first kappa shape index (κ1) is 9.06. The summed E-state index contributed by atoms with van der Waals surface area (Å²) < 4.78 is 0. The molecule has 13 heavy (non-hydrogen) atoms. The number of aliphatic hydroxyl groups is 1. The Hall–Kier alpha value is -0.510. The quantitative estimate of drug-likeness (QED) is 0.656. The average molecular weight is 195 g/mol. The van der Waals surface area contributed by atoms with Crippen LogP contribution in [0.5, 0.6) is 0 Å². The molecule has 2 atom stereocenters. The van der Waals surface area contributed by atoms with Crippen LogP contribution in [0.2, 0.25) is 0 Å². The van der Waals surface area contributed by atoms with Crippen molar-refractivity contribution in [1.82, 2.24) is 0 Å². The molecule has 0 bridgehead atoms. The van der Waals surface area contributed by atoms with Crippen molar-refractivity contribution in [3.05, 3.63) is 35.4 Å². The highest BCUT2D eigenvalue weighted by atomic mass is 32.2. The van der Waals surface area contributed by atoms with Crippen molar-refractivity contribution < 1.29 is 5.11 Å². The van der Waals surface area contributed by atoms with E-state index in [-0.39, 0.29) is 6.04 Å². The van der Waals surface area contributed by atoms with Gasteiger partial charge in [0, 0.05) is 17.5 Å². The molecule has 1 aromatic rings. The maximum atomic E-state index is 9.87. The van der Waals surface area contributed by atoms with Crippen LogP contribution >= 0.6 is 11.8 Å². The number of benzene rings is 1. The highest BCUT2D eigenvalue weighted by molar-refractivity contribution is 7.98. The minimum absolute atomic E-state index is 0.131. The highest BCUT2D eigenvalue weighted by Crippen LogP contribution is 2.29. The molecule has 2 nitrogen and oxygen atoms in total. The number of hydrogen-bond donors (Lipinski definition) is 2. The topological polar surface area (TPSA) is 46.2 Å². The molecule has 0 aliphatic carbocycles. The summed E-state index contributed by atoms with van der Waals surface area (Å²) >= 11 is 1.79.